The molecule has 1 N–H and O–H groups in total. The lowest BCUT2D eigenvalue weighted by atomic mass is 10.3. The monoisotopic (exact) mass is 420 g/mol. The van der Waals surface area contributed by atoms with Gasteiger partial charge in [-0.2, -0.15) is 0 Å². The van der Waals surface area contributed by atoms with Crippen LogP contribution in [-0.4, -0.2) is 27.3 Å². The third kappa shape index (κ3) is 4.58. The molecule has 0 aliphatic carbocycles. The lowest BCUT2D eigenvalue weighted by molar-refractivity contribution is -0.123. The Labute approximate surface area is 157 Å². The number of benzene rings is 2. The standard InChI is InChI=1S/C17H14BrClN4O2/c18-12-6-7-15(14(19)8-12)25-10-17(24)20-9-16-22-21-11-23(16)13-4-2-1-3-5-13/h1-8,11H,9-10H2,(H,20,24). The average Bonchev–Trinajstić information content (AvgIpc) is 3.08. The molecule has 0 saturated heterocycles. The van der Waals surface area contributed by atoms with Gasteiger partial charge >= 0.3 is 0 Å². The number of hydrogen-bond donors (Lipinski definition) is 1. The quantitative estimate of drug-likeness (QED) is 0.662. The number of amides is 1. The van der Waals surface area contributed by atoms with Crippen LogP contribution in [0.2, 0.25) is 5.02 Å². The van der Waals surface area contributed by atoms with E-state index in [2.05, 4.69) is 31.4 Å². The topological polar surface area (TPSA) is 69.0 Å². The second-order valence-corrected chi connectivity index (χ2v) is 6.42. The molecule has 128 valence electrons. The summed E-state index contributed by atoms with van der Waals surface area (Å²) in [4.78, 5) is 12.0. The fourth-order valence-electron chi connectivity index (χ4n) is 2.15. The first-order valence-corrected chi connectivity index (χ1v) is 8.59. The zero-order chi connectivity index (χ0) is 17.6. The van der Waals surface area contributed by atoms with Gasteiger partial charge in [-0.15, -0.1) is 10.2 Å². The smallest absolute Gasteiger partial charge is 0.258 e. The first-order chi connectivity index (χ1) is 12.1. The average molecular weight is 422 g/mol. The molecule has 3 rings (SSSR count). The molecule has 0 radical (unpaired) electrons. The molecule has 0 spiro atoms. The highest BCUT2D eigenvalue weighted by Crippen LogP contribution is 2.27. The molecule has 25 heavy (non-hydrogen) atoms. The SMILES string of the molecule is O=C(COc1ccc(Br)cc1Cl)NCc1nncn1-c1ccccc1. The van der Waals surface area contributed by atoms with Gasteiger partial charge in [-0.1, -0.05) is 45.7 Å². The van der Waals surface area contributed by atoms with Crippen molar-refractivity contribution < 1.29 is 9.53 Å². The summed E-state index contributed by atoms with van der Waals surface area (Å²) in [6.07, 6.45) is 1.61. The summed E-state index contributed by atoms with van der Waals surface area (Å²) >= 11 is 9.37. The number of rotatable bonds is 6. The lowest BCUT2D eigenvalue weighted by Gasteiger charge is -2.10. The van der Waals surface area contributed by atoms with Gasteiger partial charge in [0.25, 0.3) is 5.91 Å². The van der Waals surface area contributed by atoms with Crippen molar-refractivity contribution in [3.8, 4) is 11.4 Å². The van der Waals surface area contributed by atoms with Crippen LogP contribution in [0.4, 0.5) is 0 Å². The minimum absolute atomic E-state index is 0.138. The Kier molecular flexibility index (Phi) is 5.67. The highest BCUT2D eigenvalue weighted by Gasteiger charge is 2.10. The zero-order valence-corrected chi connectivity index (χ0v) is 15.4. The summed E-state index contributed by atoms with van der Waals surface area (Å²) < 4.78 is 8.09. The molecule has 0 fully saturated rings. The van der Waals surface area contributed by atoms with Crippen LogP contribution in [0.15, 0.2) is 59.3 Å². The second kappa shape index (κ2) is 8.13. The molecule has 3 aromatic rings. The van der Waals surface area contributed by atoms with Crippen LogP contribution in [0.3, 0.4) is 0 Å². The van der Waals surface area contributed by atoms with Gasteiger partial charge in [-0.25, -0.2) is 0 Å². The maximum Gasteiger partial charge on any atom is 0.258 e. The number of carbonyl (C=O) groups excluding carboxylic acids is 1. The Morgan fingerprint density at radius 2 is 2.04 bits per heavy atom. The van der Waals surface area contributed by atoms with Crippen molar-refractivity contribution in [3.05, 3.63) is 70.2 Å². The number of hydrogen-bond acceptors (Lipinski definition) is 4. The van der Waals surface area contributed by atoms with Gasteiger partial charge < -0.3 is 10.1 Å². The first-order valence-electron chi connectivity index (χ1n) is 7.42. The Morgan fingerprint density at radius 1 is 1.24 bits per heavy atom. The van der Waals surface area contributed by atoms with E-state index in [0.29, 0.717) is 16.6 Å². The number of aromatic nitrogens is 3. The van der Waals surface area contributed by atoms with Crippen LogP contribution in [0.25, 0.3) is 5.69 Å². The van der Waals surface area contributed by atoms with Crippen LogP contribution in [-0.2, 0) is 11.3 Å². The van der Waals surface area contributed by atoms with Gasteiger partial charge in [-0.05, 0) is 30.3 Å². The van der Waals surface area contributed by atoms with E-state index >= 15 is 0 Å². The zero-order valence-electron chi connectivity index (χ0n) is 13.0. The summed E-state index contributed by atoms with van der Waals surface area (Å²) in [7, 11) is 0. The maximum atomic E-state index is 12.0. The van der Waals surface area contributed by atoms with Crippen LogP contribution in [0.5, 0.6) is 5.75 Å². The molecule has 0 saturated carbocycles. The molecule has 0 aliphatic heterocycles. The van der Waals surface area contributed by atoms with E-state index in [1.165, 1.54) is 0 Å². The van der Waals surface area contributed by atoms with Crippen molar-refractivity contribution in [2.45, 2.75) is 6.54 Å². The Balaban J connectivity index is 1.56. The van der Waals surface area contributed by atoms with Crippen molar-refractivity contribution in [1.29, 1.82) is 0 Å². The second-order valence-electron chi connectivity index (χ2n) is 5.09. The van der Waals surface area contributed by atoms with Gasteiger partial charge in [0.1, 0.15) is 12.1 Å². The molecular weight excluding hydrogens is 408 g/mol. The number of halogens is 2. The molecule has 6 nitrogen and oxygen atoms in total. The molecule has 0 bridgehead atoms. The lowest BCUT2D eigenvalue weighted by Crippen LogP contribution is -2.29. The van der Waals surface area contributed by atoms with Crippen LogP contribution in [0.1, 0.15) is 5.82 Å². The predicted molar refractivity (Wildman–Crippen MR) is 97.9 cm³/mol. The van der Waals surface area contributed by atoms with E-state index in [-0.39, 0.29) is 19.1 Å². The van der Waals surface area contributed by atoms with E-state index in [1.54, 1.807) is 24.5 Å². The highest BCUT2D eigenvalue weighted by molar-refractivity contribution is 9.10. The Bertz CT molecular complexity index is 870. The van der Waals surface area contributed by atoms with Gasteiger partial charge in [0.15, 0.2) is 12.4 Å². The predicted octanol–water partition coefficient (Wildman–Crippen LogP) is 3.38. The van der Waals surface area contributed by atoms with E-state index in [1.807, 2.05) is 34.9 Å². The summed E-state index contributed by atoms with van der Waals surface area (Å²) in [5.41, 5.74) is 0.926. The fourth-order valence-corrected chi connectivity index (χ4v) is 2.88. The number of nitrogens with one attached hydrogen (secondary N) is 1. The van der Waals surface area contributed by atoms with E-state index < -0.39 is 0 Å². The van der Waals surface area contributed by atoms with Crippen LogP contribution in [0, 0.1) is 0 Å². The third-order valence-electron chi connectivity index (χ3n) is 3.35. The molecule has 8 heteroatoms. The summed E-state index contributed by atoms with van der Waals surface area (Å²) in [5, 5.41) is 11.1. The molecule has 0 unspecified atom stereocenters. The van der Waals surface area contributed by atoms with Crippen LogP contribution >= 0.6 is 27.5 Å². The highest BCUT2D eigenvalue weighted by atomic mass is 79.9. The van der Waals surface area contributed by atoms with Crippen molar-refractivity contribution in [2.24, 2.45) is 0 Å². The normalized spacial score (nSPS) is 10.5. The molecule has 1 amide bonds. The van der Waals surface area contributed by atoms with Gasteiger partial charge in [0.05, 0.1) is 11.6 Å². The van der Waals surface area contributed by atoms with Crippen molar-refractivity contribution in [3.63, 3.8) is 0 Å². The summed E-state index contributed by atoms with van der Waals surface area (Å²) in [6.45, 7) is 0.103. The molecular formula is C17H14BrClN4O2. The molecule has 0 atom stereocenters. The summed E-state index contributed by atoms with van der Waals surface area (Å²) in [6, 6.07) is 14.9. The number of nitrogens with zero attached hydrogens (tertiary/aromatic N) is 3. The third-order valence-corrected chi connectivity index (χ3v) is 4.14. The van der Waals surface area contributed by atoms with Crippen molar-refractivity contribution in [2.75, 3.05) is 6.61 Å². The Hall–Kier alpha value is -2.38. The van der Waals surface area contributed by atoms with E-state index in [0.717, 1.165) is 10.2 Å². The minimum atomic E-state index is -0.276. The minimum Gasteiger partial charge on any atom is -0.482 e. The number of carbonyl (C=O) groups is 1. The maximum absolute atomic E-state index is 12.0. The summed E-state index contributed by atoms with van der Waals surface area (Å²) in [5.74, 6) is 0.801. The van der Waals surface area contributed by atoms with Gasteiger partial charge in [0.2, 0.25) is 0 Å². The van der Waals surface area contributed by atoms with Gasteiger partial charge in [-0.3, -0.25) is 9.36 Å². The molecule has 0 aliphatic rings. The van der Waals surface area contributed by atoms with Gasteiger partial charge in [0, 0.05) is 10.2 Å². The van der Waals surface area contributed by atoms with Crippen molar-refractivity contribution in [1.82, 2.24) is 20.1 Å². The molecule has 2 aromatic carbocycles. The fraction of sp³-hybridized carbons (Fsp3) is 0.118. The van der Waals surface area contributed by atoms with Crippen molar-refractivity contribution >= 4 is 33.4 Å². The van der Waals surface area contributed by atoms with E-state index in [4.69, 9.17) is 16.3 Å². The van der Waals surface area contributed by atoms with Crippen LogP contribution < -0.4 is 10.1 Å². The number of para-hydroxylation sites is 1. The largest absolute Gasteiger partial charge is 0.482 e. The molecule has 1 heterocycles. The van der Waals surface area contributed by atoms with E-state index in [9.17, 15) is 4.79 Å². The Morgan fingerprint density at radius 3 is 2.80 bits per heavy atom. The first kappa shape index (κ1) is 17.4. The molecule has 1 aromatic heterocycles. The number of ether oxygens (including phenoxy) is 1.